The van der Waals surface area contributed by atoms with Crippen LogP contribution >= 0.6 is 23.3 Å². The molecule has 0 saturated carbocycles. The highest BCUT2D eigenvalue weighted by Crippen LogP contribution is 1.90. The molecule has 0 heterocycles. The Hall–Kier alpha value is 0.797. The molecule has 76 valence electrons. The van der Waals surface area contributed by atoms with Crippen LogP contribution in [0.25, 0.3) is 0 Å². The molecule has 12 heavy (non-hydrogen) atoms. The Morgan fingerprint density at radius 3 is 1.25 bits per heavy atom. The van der Waals surface area contributed by atoms with Gasteiger partial charge in [-0.05, 0) is 20.8 Å². The molecule has 0 fully saturated rings. The van der Waals surface area contributed by atoms with Crippen LogP contribution in [0.15, 0.2) is 0 Å². The van der Waals surface area contributed by atoms with Gasteiger partial charge >= 0.3 is 9.53 Å². The van der Waals surface area contributed by atoms with E-state index in [1.807, 2.05) is 20.8 Å². The maximum Gasteiger partial charge on any atom is 0.484 e. The second-order valence-electron chi connectivity index (χ2n) is 1.65. The van der Waals surface area contributed by atoms with Crippen molar-refractivity contribution in [2.75, 3.05) is 19.8 Å². The Labute approximate surface area is 87.0 Å². The molecule has 0 atom stereocenters. The minimum absolute atomic E-state index is 0.677. The van der Waals surface area contributed by atoms with Crippen LogP contribution in [0, 0.1) is 0 Å². The first-order chi connectivity index (χ1) is 5.85. The van der Waals surface area contributed by atoms with Gasteiger partial charge in [0.05, 0.1) is 0 Å². The summed E-state index contributed by atoms with van der Waals surface area (Å²) in [5.74, 6) is 0. The zero-order chi connectivity index (χ0) is 9.82. The van der Waals surface area contributed by atoms with E-state index in [-0.39, 0.29) is 0 Å². The van der Waals surface area contributed by atoms with E-state index in [9.17, 15) is 0 Å². The Morgan fingerprint density at radius 1 is 0.833 bits per heavy atom. The molecule has 0 bridgehead atoms. The van der Waals surface area contributed by atoms with E-state index in [0.717, 1.165) is 0 Å². The van der Waals surface area contributed by atoms with Crippen molar-refractivity contribution in [2.24, 2.45) is 0 Å². The highest BCUT2D eigenvalue weighted by Gasteiger charge is 2.11. The third-order valence-electron chi connectivity index (χ3n) is 0.908. The molecule has 0 aliphatic carbocycles. The van der Waals surface area contributed by atoms with Crippen molar-refractivity contribution < 1.29 is 13.3 Å². The lowest BCUT2D eigenvalue weighted by molar-refractivity contribution is 0.107. The summed E-state index contributed by atoms with van der Waals surface area (Å²) >= 11 is 6.44. The molecule has 0 aromatic rings. The molecule has 0 amide bonds. The van der Waals surface area contributed by atoms with Crippen molar-refractivity contribution in [3.05, 3.63) is 0 Å². The van der Waals surface area contributed by atoms with Crippen LogP contribution < -0.4 is 0 Å². The second-order valence-corrected chi connectivity index (χ2v) is 3.23. The molecule has 0 aromatic carbocycles. The molecule has 3 nitrogen and oxygen atoms in total. The number of thiol groups is 2. The van der Waals surface area contributed by atoms with E-state index in [1.54, 1.807) is 0 Å². The van der Waals surface area contributed by atoms with Crippen LogP contribution in [0.1, 0.15) is 20.8 Å². The predicted octanol–water partition coefficient (Wildman–Crippen LogP) is 1.57. The lowest BCUT2D eigenvalue weighted by Gasteiger charge is -2.12. The second kappa shape index (κ2) is 14.3. The van der Waals surface area contributed by atoms with Crippen LogP contribution in [0.5, 0.6) is 0 Å². The average molecular weight is 230 g/mol. The van der Waals surface area contributed by atoms with Crippen molar-refractivity contribution in [1.82, 2.24) is 0 Å². The topological polar surface area (TPSA) is 27.7 Å². The van der Waals surface area contributed by atoms with Crippen LogP contribution in [0.4, 0.5) is 0 Å². The third kappa shape index (κ3) is 10.8. The Bertz CT molecular complexity index is 63.5. The zero-order valence-electron chi connectivity index (χ0n) is 7.82. The number of hydrogen-bond donors (Lipinski definition) is 2. The van der Waals surface area contributed by atoms with Gasteiger partial charge in [-0.3, -0.25) is 0 Å². The van der Waals surface area contributed by atoms with Crippen LogP contribution in [-0.2, 0) is 13.3 Å². The lowest BCUT2D eigenvalue weighted by atomic mass is 10.9. The van der Waals surface area contributed by atoms with Gasteiger partial charge in [0.25, 0.3) is 0 Å². The van der Waals surface area contributed by atoms with Crippen LogP contribution in [0.2, 0.25) is 0 Å². The molecule has 0 rings (SSSR count). The van der Waals surface area contributed by atoms with E-state index < -0.39 is 9.53 Å². The fourth-order valence-electron chi connectivity index (χ4n) is 0.553. The summed E-state index contributed by atoms with van der Waals surface area (Å²) in [7, 11) is -1.73. The number of hydrogen-bond acceptors (Lipinski definition) is 5. The van der Waals surface area contributed by atoms with Crippen LogP contribution in [-0.4, -0.2) is 29.3 Å². The lowest BCUT2D eigenvalue weighted by Crippen LogP contribution is -2.27. The van der Waals surface area contributed by atoms with Gasteiger partial charge < -0.3 is 13.3 Å². The quantitative estimate of drug-likeness (QED) is 0.412. The monoisotopic (exact) mass is 230 g/mol. The van der Waals surface area contributed by atoms with E-state index >= 15 is 0 Å². The van der Waals surface area contributed by atoms with Crippen molar-refractivity contribution in [1.29, 1.82) is 0 Å². The molecule has 0 aromatic heterocycles. The summed E-state index contributed by atoms with van der Waals surface area (Å²) in [5.41, 5.74) is 0. The minimum atomic E-state index is -1.73. The summed E-state index contributed by atoms with van der Waals surface area (Å²) in [6, 6.07) is 0. The SMILES string of the molecule is CCO[SiH](OCC)OCC.SS. The third-order valence-corrected chi connectivity index (χ3v) is 2.72. The summed E-state index contributed by atoms with van der Waals surface area (Å²) in [4.78, 5) is 0. The largest absolute Gasteiger partial charge is 0.484 e. The standard InChI is InChI=1S/C6H16O3Si.H2S2/c1-4-7-10(8-5-2)9-6-3;1-2/h10H,4-6H2,1-3H3;1-2H. The summed E-state index contributed by atoms with van der Waals surface area (Å²) in [6.45, 7) is 7.86. The van der Waals surface area contributed by atoms with Gasteiger partial charge in [0.15, 0.2) is 0 Å². The van der Waals surface area contributed by atoms with Gasteiger partial charge in [-0.2, -0.15) is 0 Å². The molecule has 0 aliphatic heterocycles. The van der Waals surface area contributed by atoms with Gasteiger partial charge in [-0.25, -0.2) is 0 Å². The summed E-state index contributed by atoms with van der Waals surface area (Å²) in [5, 5.41) is 0. The van der Waals surface area contributed by atoms with Crippen molar-refractivity contribution in [3.63, 3.8) is 0 Å². The first kappa shape index (κ1) is 15.3. The zero-order valence-corrected chi connectivity index (χ0v) is 10.8. The van der Waals surface area contributed by atoms with E-state index in [2.05, 4.69) is 23.3 Å². The minimum Gasteiger partial charge on any atom is -0.376 e. The molecule has 0 unspecified atom stereocenters. The van der Waals surface area contributed by atoms with E-state index in [0.29, 0.717) is 19.8 Å². The van der Waals surface area contributed by atoms with Gasteiger partial charge in [0.2, 0.25) is 0 Å². The molecule has 0 saturated heterocycles. The Kier molecular flexibility index (Phi) is 18.2. The molecule has 0 radical (unpaired) electrons. The molecular formula is C6H18O3S2Si. The Morgan fingerprint density at radius 2 is 1.08 bits per heavy atom. The smallest absolute Gasteiger partial charge is 0.376 e. The predicted molar refractivity (Wildman–Crippen MR) is 60.0 cm³/mol. The summed E-state index contributed by atoms with van der Waals surface area (Å²) in [6.07, 6.45) is 0. The molecule has 6 heteroatoms. The first-order valence-corrected chi connectivity index (χ1v) is 6.91. The Balaban J connectivity index is 0. The highest BCUT2D eigenvalue weighted by atomic mass is 33.1. The average Bonchev–Trinajstić information content (AvgIpc) is 2.10. The first-order valence-electron chi connectivity index (χ1n) is 3.89. The van der Waals surface area contributed by atoms with Crippen molar-refractivity contribution in [2.45, 2.75) is 20.8 Å². The number of rotatable bonds is 6. The molecular weight excluding hydrogens is 212 g/mol. The van der Waals surface area contributed by atoms with Crippen molar-refractivity contribution in [3.8, 4) is 0 Å². The highest BCUT2D eigenvalue weighted by molar-refractivity contribution is 8.59. The van der Waals surface area contributed by atoms with Gasteiger partial charge in [0.1, 0.15) is 0 Å². The normalized spacial score (nSPS) is 9.50. The van der Waals surface area contributed by atoms with Crippen molar-refractivity contribution >= 4 is 32.8 Å². The van der Waals surface area contributed by atoms with Crippen LogP contribution in [0.3, 0.4) is 0 Å². The maximum absolute atomic E-state index is 5.22. The fourth-order valence-corrected chi connectivity index (χ4v) is 1.66. The van der Waals surface area contributed by atoms with Gasteiger partial charge in [-0.15, -0.1) is 23.3 Å². The van der Waals surface area contributed by atoms with Gasteiger partial charge in [0, 0.05) is 19.8 Å². The molecule has 0 N–H and O–H groups in total. The van der Waals surface area contributed by atoms with E-state index in [4.69, 9.17) is 13.3 Å². The summed E-state index contributed by atoms with van der Waals surface area (Å²) < 4.78 is 15.7. The molecule has 0 aliphatic rings. The maximum atomic E-state index is 5.22. The van der Waals surface area contributed by atoms with Gasteiger partial charge in [-0.1, -0.05) is 0 Å². The fraction of sp³-hybridized carbons (Fsp3) is 1.00. The van der Waals surface area contributed by atoms with E-state index in [1.165, 1.54) is 0 Å². The molecule has 0 spiro atoms.